The quantitative estimate of drug-likeness (QED) is 0.335. The fourth-order valence-electron chi connectivity index (χ4n) is 4.64. The van der Waals surface area contributed by atoms with E-state index in [0.29, 0.717) is 11.1 Å². The van der Waals surface area contributed by atoms with Crippen molar-refractivity contribution >= 4 is 17.9 Å². The largest absolute Gasteiger partial charge is 0.508 e. The molecule has 208 valence electrons. The minimum absolute atomic E-state index is 0.0154. The molecule has 3 rings (SSSR count). The summed E-state index contributed by atoms with van der Waals surface area (Å²) in [6.07, 6.45) is 10.1. The number of alkyl carbamates (subject to hydrolysis) is 1. The highest BCUT2D eigenvalue weighted by Gasteiger charge is 2.36. The topological polar surface area (TPSA) is 108 Å². The molecule has 0 bridgehead atoms. The number of phenols is 1. The molecular weight excluding hydrogens is 494 g/mol. The minimum Gasteiger partial charge on any atom is -0.508 e. The zero-order chi connectivity index (χ0) is 28.6. The van der Waals surface area contributed by atoms with Crippen LogP contribution < -0.4 is 10.6 Å². The molecule has 0 aromatic heterocycles. The number of amides is 3. The summed E-state index contributed by atoms with van der Waals surface area (Å²) in [6.45, 7) is 7.10. The van der Waals surface area contributed by atoms with Crippen molar-refractivity contribution in [2.45, 2.75) is 89.9 Å². The Labute approximate surface area is 231 Å². The van der Waals surface area contributed by atoms with Crippen molar-refractivity contribution in [2.24, 2.45) is 0 Å². The normalized spacial score (nSPS) is 15.4. The summed E-state index contributed by atoms with van der Waals surface area (Å²) in [7, 11) is 0. The molecule has 3 amide bonds. The molecule has 1 saturated carbocycles. The highest BCUT2D eigenvalue weighted by Crippen LogP contribution is 2.25. The second-order valence-electron chi connectivity index (χ2n) is 11.1. The highest BCUT2D eigenvalue weighted by molar-refractivity contribution is 5.93. The Morgan fingerprint density at radius 2 is 1.67 bits per heavy atom. The number of carbonyl (C=O) groups excluding carboxylic acids is 3. The highest BCUT2D eigenvalue weighted by atomic mass is 16.6. The van der Waals surface area contributed by atoms with Gasteiger partial charge in [0.05, 0.1) is 0 Å². The lowest BCUT2D eigenvalue weighted by molar-refractivity contribution is -0.139. The first-order valence-electron chi connectivity index (χ1n) is 13.4. The van der Waals surface area contributed by atoms with Gasteiger partial charge in [0.2, 0.25) is 5.91 Å². The fraction of sp³-hybridized carbons (Fsp3) is 0.452. The van der Waals surface area contributed by atoms with E-state index < -0.39 is 29.7 Å². The van der Waals surface area contributed by atoms with Gasteiger partial charge in [-0.1, -0.05) is 67.6 Å². The number of hydrogen-bond donors (Lipinski definition) is 3. The van der Waals surface area contributed by atoms with Crippen molar-refractivity contribution < 1.29 is 24.2 Å². The van der Waals surface area contributed by atoms with Gasteiger partial charge in [-0.2, -0.15) is 0 Å². The van der Waals surface area contributed by atoms with Crippen LogP contribution in [0.15, 0.2) is 48.5 Å². The van der Waals surface area contributed by atoms with E-state index in [2.05, 4.69) is 16.7 Å². The van der Waals surface area contributed by atoms with E-state index in [9.17, 15) is 19.5 Å². The van der Waals surface area contributed by atoms with Crippen molar-refractivity contribution in [1.82, 2.24) is 15.5 Å². The third kappa shape index (κ3) is 8.78. The number of nitrogens with one attached hydrogen (secondary N) is 2. The Balaban J connectivity index is 1.95. The zero-order valence-electron chi connectivity index (χ0n) is 23.2. The molecule has 8 heteroatoms. The van der Waals surface area contributed by atoms with Crippen LogP contribution in [0.25, 0.3) is 0 Å². The van der Waals surface area contributed by atoms with E-state index >= 15 is 0 Å². The monoisotopic (exact) mass is 533 g/mol. The van der Waals surface area contributed by atoms with Gasteiger partial charge in [0.25, 0.3) is 5.91 Å². The van der Waals surface area contributed by atoms with Gasteiger partial charge < -0.3 is 20.5 Å². The van der Waals surface area contributed by atoms with Gasteiger partial charge in [0.1, 0.15) is 23.4 Å². The maximum atomic E-state index is 14.0. The Hall–Kier alpha value is -3.99. The van der Waals surface area contributed by atoms with Crippen LogP contribution in [0, 0.1) is 19.4 Å². The Morgan fingerprint density at radius 1 is 1.05 bits per heavy atom. The standard InChI is InChI=1S/C31H39N3O5/c1-6-34(27(23-16-12-21(2)13-17-23)28(36)32-24-10-8-7-9-11-24)29(37)26(33-30(38)39-31(3,4)5)20-22-14-18-25(35)19-15-22/h1,12-19,24,26-27,35H,7-11,20H2,2-5H3,(H,32,36)(H,33,38). The molecule has 1 fully saturated rings. The molecule has 0 saturated heterocycles. The van der Waals surface area contributed by atoms with Crippen LogP contribution in [0.5, 0.6) is 5.75 Å². The van der Waals surface area contributed by atoms with Crippen LogP contribution in [0.2, 0.25) is 0 Å². The van der Waals surface area contributed by atoms with Gasteiger partial charge in [-0.05, 0) is 63.8 Å². The maximum Gasteiger partial charge on any atom is 0.408 e. The lowest BCUT2D eigenvalue weighted by Gasteiger charge is -2.32. The molecule has 0 heterocycles. The van der Waals surface area contributed by atoms with Gasteiger partial charge in [-0.15, -0.1) is 0 Å². The predicted molar refractivity (Wildman–Crippen MR) is 150 cm³/mol. The number of carbonyl (C=O) groups is 3. The Bertz CT molecular complexity index is 1170. The number of ether oxygens (including phenoxy) is 1. The molecule has 2 atom stereocenters. The summed E-state index contributed by atoms with van der Waals surface area (Å²) in [5, 5.41) is 15.4. The molecule has 39 heavy (non-hydrogen) atoms. The van der Waals surface area contributed by atoms with Crippen molar-refractivity contribution in [3.8, 4) is 18.2 Å². The van der Waals surface area contributed by atoms with E-state index in [1.165, 1.54) is 12.1 Å². The van der Waals surface area contributed by atoms with Gasteiger partial charge in [0, 0.05) is 18.5 Å². The fourth-order valence-corrected chi connectivity index (χ4v) is 4.64. The van der Waals surface area contributed by atoms with Crippen LogP contribution in [0.1, 0.15) is 75.6 Å². The lowest BCUT2D eigenvalue weighted by Crippen LogP contribution is -2.53. The van der Waals surface area contributed by atoms with Crippen molar-refractivity contribution in [3.63, 3.8) is 0 Å². The number of hydrogen-bond acceptors (Lipinski definition) is 5. The number of phenolic OH excluding ortho intramolecular Hbond substituents is 1. The Kier molecular flexibility index (Phi) is 10.00. The molecule has 1 aliphatic rings. The summed E-state index contributed by atoms with van der Waals surface area (Å²) in [6, 6.07) is 13.8. The van der Waals surface area contributed by atoms with Gasteiger partial charge >= 0.3 is 6.09 Å². The average Bonchev–Trinajstić information content (AvgIpc) is 2.88. The van der Waals surface area contributed by atoms with Gasteiger partial charge in [-0.25, -0.2) is 4.79 Å². The third-order valence-corrected chi connectivity index (χ3v) is 6.59. The van der Waals surface area contributed by atoms with E-state index in [-0.39, 0.29) is 24.1 Å². The minimum atomic E-state index is -1.13. The molecule has 2 aromatic carbocycles. The second kappa shape index (κ2) is 13.2. The number of aromatic hydroxyl groups is 1. The number of terminal acetylenes is 1. The molecule has 0 aliphatic heterocycles. The molecule has 0 spiro atoms. The molecule has 0 radical (unpaired) electrons. The van der Waals surface area contributed by atoms with E-state index in [1.54, 1.807) is 45.0 Å². The molecule has 1 aliphatic carbocycles. The number of nitrogens with zero attached hydrogens (tertiary/aromatic N) is 1. The van der Waals surface area contributed by atoms with Gasteiger partial charge in [-0.3, -0.25) is 14.5 Å². The predicted octanol–water partition coefficient (Wildman–Crippen LogP) is 4.75. The molecule has 2 aromatic rings. The van der Waals surface area contributed by atoms with Crippen molar-refractivity contribution in [3.05, 3.63) is 65.2 Å². The van der Waals surface area contributed by atoms with Crippen LogP contribution in [-0.2, 0) is 20.7 Å². The molecule has 8 nitrogen and oxygen atoms in total. The number of aryl methyl sites for hydroxylation is 1. The van der Waals surface area contributed by atoms with Crippen molar-refractivity contribution in [1.29, 1.82) is 0 Å². The zero-order valence-corrected chi connectivity index (χ0v) is 23.2. The molecule has 3 N–H and O–H groups in total. The van der Waals surface area contributed by atoms with Crippen LogP contribution in [0.4, 0.5) is 4.79 Å². The first-order chi connectivity index (χ1) is 18.5. The van der Waals surface area contributed by atoms with E-state index in [1.807, 2.05) is 19.1 Å². The first kappa shape index (κ1) is 29.6. The summed E-state index contributed by atoms with van der Waals surface area (Å²) in [4.78, 5) is 41.5. The summed E-state index contributed by atoms with van der Waals surface area (Å²) in [5.74, 6) is -0.913. The number of rotatable bonds is 8. The van der Waals surface area contributed by atoms with Crippen LogP contribution in [-0.4, -0.2) is 45.6 Å². The summed E-state index contributed by atoms with van der Waals surface area (Å²) < 4.78 is 5.40. The summed E-state index contributed by atoms with van der Waals surface area (Å²) >= 11 is 0. The van der Waals surface area contributed by atoms with E-state index in [4.69, 9.17) is 11.2 Å². The molecular formula is C31H39N3O5. The summed E-state index contributed by atoms with van der Waals surface area (Å²) in [5.41, 5.74) is 1.46. The lowest BCUT2D eigenvalue weighted by atomic mass is 9.94. The van der Waals surface area contributed by atoms with Crippen molar-refractivity contribution in [2.75, 3.05) is 0 Å². The Morgan fingerprint density at radius 3 is 2.23 bits per heavy atom. The van der Waals surface area contributed by atoms with Crippen LogP contribution >= 0.6 is 0 Å². The third-order valence-electron chi connectivity index (χ3n) is 6.59. The smallest absolute Gasteiger partial charge is 0.408 e. The van der Waals surface area contributed by atoms with E-state index in [0.717, 1.165) is 42.6 Å². The molecule has 2 unspecified atom stereocenters. The first-order valence-corrected chi connectivity index (χ1v) is 13.4. The van der Waals surface area contributed by atoms with Crippen LogP contribution in [0.3, 0.4) is 0 Å². The average molecular weight is 534 g/mol. The second-order valence-corrected chi connectivity index (χ2v) is 11.1. The SMILES string of the molecule is C#CN(C(=O)C(Cc1ccc(O)cc1)NC(=O)OC(C)(C)C)C(C(=O)NC1CCCCC1)c1ccc(C)cc1. The maximum absolute atomic E-state index is 14.0. The van der Waals surface area contributed by atoms with Gasteiger partial charge in [0.15, 0.2) is 0 Å². The number of benzene rings is 2.